The molecule has 10 aromatic rings. The zero-order valence-corrected chi connectivity index (χ0v) is 44.1. The Bertz CT molecular complexity index is 3490. The van der Waals surface area contributed by atoms with Crippen LogP contribution in [0.5, 0.6) is 0 Å². The Labute approximate surface area is 444 Å². The van der Waals surface area contributed by atoms with Gasteiger partial charge in [0.1, 0.15) is 0 Å². The highest BCUT2D eigenvalue weighted by Crippen LogP contribution is 2.46. The van der Waals surface area contributed by atoms with Crippen molar-refractivity contribution >= 4 is 95.7 Å². The van der Waals surface area contributed by atoms with E-state index in [0.717, 1.165) is 51.2 Å². The largest absolute Gasteiger partial charge is 0.310 e. The molecule has 3 nitrogen and oxygen atoms in total. The molecule has 2 fully saturated rings. The molecule has 0 N–H and O–H groups in total. The zero-order valence-electron chi connectivity index (χ0n) is 44.1. The zero-order chi connectivity index (χ0) is 50.8. The quantitative estimate of drug-likeness (QED) is 0.120. The van der Waals surface area contributed by atoms with E-state index in [1.165, 1.54) is 130 Å². The third-order valence-electron chi connectivity index (χ3n) is 15.9. The molecule has 370 valence electrons. The normalized spacial score (nSPS) is 13.8. The summed E-state index contributed by atoms with van der Waals surface area (Å²) in [5.41, 5.74) is 20.8. The summed E-state index contributed by atoms with van der Waals surface area (Å²) in [5.74, 6) is 0. The molecule has 0 unspecified atom stereocenters. The lowest BCUT2D eigenvalue weighted by Crippen LogP contribution is -2.11. The van der Waals surface area contributed by atoms with Crippen LogP contribution in [-0.4, -0.2) is 0 Å². The predicted molar refractivity (Wildman–Crippen MR) is 324 cm³/mol. The molecule has 0 heterocycles. The summed E-state index contributed by atoms with van der Waals surface area (Å²) in [6.45, 7) is 8.65. The first kappa shape index (κ1) is 47.8. The van der Waals surface area contributed by atoms with Gasteiger partial charge in [-0.3, -0.25) is 0 Å². The molecule has 0 atom stereocenters. The number of aryl methyl sites for hydroxylation is 4. The van der Waals surface area contributed by atoms with E-state index in [1.54, 1.807) is 11.1 Å². The molecule has 3 heteroatoms. The van der Waals surface area contributed by atoms with Crippen molar-refractivity contribution in [2.45, 2.75) is 91.9 Å². The summed E-state index contributed by atoms with van der Waals surface area (Å²) in [6, 6.07) is 75.7. The van der Waals surface area contributed by atoms with Crippen LogP contribution in [0.1, 0.15) is 97.6 Å². The van der Waals surface area contributed by atoms with Gasteiger partial charge in [-0.05, 0) is 232 Å². The Kier molecular flexibility index (Phi) is 13.4. The van der Waals surface area contributed by atoms with Crippen molar-refractivity contribution < 1.29 is 0 Å². The Balaban J connectivity index is 1.06. The maximum absolute atomic E-state index is 2.44. The maximum Gasteiger partial charge on any atom is 0.0468 e. The van der Waals surface area contributed by atoms with Gasteiger partial charge in [0.25, 0.3) is 0 Å². The molecule has 2 aliphatic rings. The van der Waals surface area contributed by atoms with E-state index in [1.807, 2.05) is 0 Å². The van der Waals surface area contributed by atoms with Gasteiger partial charge in [-0.2, -0.15) is 0 Å². The van der Waals surface area contributed by atoms with Crippen molar-refractivity contribution in [2.24, 2.45) is 0 Å². The minimum atomic E-state index is 1.12. The average molecular weight is 974 g/mol. The fraction of sp³-hybridized carbons (Fsp3) is 0.194. The van der Waals surface area contributed by atoms with Crippen molar-refractivity contribution in [2.75, 3.05) is 14.7 Å². The monoisotopic (exact) mass is 974 g/mol. The minimum Gasteiger partial charge on any atom is -0.310 e. The molecule has 0 radical (unpaired) electrons. The van der Waals surface area contributed by atoms with Crippen molar-refractivity contribution in [3.05, 3.63) is 245 Å². The predicted octanol–water partition coefficient (Wildman–Crippen LogP) is 21.5. The van der Waals surface area contributed by atoms with Crippen LogP contribution in [0.4, 0.5) is 51.2 Å². The molecule has 0 spiro atoms. The highest BCUT2D eigenvalue weighted by atomic mass is 15.2. The van der Waals surface area contributed by atoms with Crippen LogP contribution in [0.15, 0.2) is 211 Å². The second-order valence-corrected chi connectivity index (χ2v) is 21.4. The number of nitrogens with zero attached hydrogens (tertiary/aromatic N) is 3. The van der Waals surface area contributed by atoms with E-state index in [9.17, 15) is 0 Å². The third-order valence-corrected chi connectivity index (χ3v) is 15.9. The minimum absolute atomic E-state index is 1.12. The molecule has 0 bridgehead atoms. The highest BCUT2D eigenvalue weighted by molar-refractivity contribution is 6.27. The van der Waals surface area contributed by atoms with E-state index in [4.69, 9.17) is 0 Å². The first-order chi connectivity index (χ1) is 36.8. The van der Waals surface area contributed by atoms with E-state index >= 15 is 0 Å². The molecular weight excluding hydrogens is 907 g/mol. The van der Waals surface area contributed by atoms with Crippen LogP contribution in [0.3, 0.4) is 0 Å². The fourth-order valence-electron chi connectivity index (χ4n) is 11.7. The summed E-state index contributed by atoms with van der Waals surface area (Å²) in [4.78, 5) is 7.26. The fourth-order valence-corrected chi connectivity index (χ4v) is 11.7. The molecule has 10 aromatic carbocycles. The summed E-state index contributed by atoms with van der Waals surface area (Å²) < 4.78 is 0. The van der Waals surface area contributed by atoms with E-state index in [0.29, 0.717) is 0 Å². The van der Waals surface area contributed by atoms with Crippen LogP contribution >= 0.6 is 0 Å². The lowest BCUT2D eigenvalue weighted by atomic mass is 9.92. The number of rotatable bonds is 11. The Morgan fingerprint density at radius 3 is 0.720 bits per heavy atom. The molecule has 75 heavy (non-hydrogen) atoms. The molecular formula is C72H67N3. The molecule has 12 rings (SSSR count). The third kappa shape index (κ3) is 10.1. The first-order valence-electron chi connectivity index (χ1n) is 27.5. The second-order valence-electron chi connectivity index (χ2n) is 21.4. The van der Waals surface area contributed by atoms with Gasteiger partial charge >= 0.3 is 0 Å². The lowest BCUT2D eigenvalue weighted by molar-refractivity contribution is 0.602. The molecule has 2 saturated carbocycles. The van der Waals surface area contributed by atoms with Gasteiger partial charge in [0.05, 0.1) is 0 Å². The number of hydrogen-bond donors (Lipinski definition) is 0. The van der Waals surface area contributed by atoms with Gasteiger partial charge in [-0.1, -0.05) is 149 Å². The van der Waals surface area contributed by atoms with Crippen molar-refractivity contribution in [3.63, 3.8) is 0 Å². The van der Waals surface area contributed by atoms with Gasteiger partial charge in [0.2, 0.25) is 0 Å². The Morgan fingerprint density at radius 2 is 0.467 bits per heavy atom. The SMILES string of the molecule is Cc1ccc(N(c2ccc(C)cc2)c2ccc3c(c2)c2ccc(N(c4ccc(C)cc4)c4ccc(C=C5CCCCC5)cc4)cc2c2ccc(N(c4ccc(C)cc4)c4ccc(C=C5CCCCC5)cc4)cc32)cc1. The molecule has 0 aromatic heterocycles. The smallest absolute Gasteiger partial charge is 0.0468 e. The number of fused-ring (bicyclic) bond motifs is 6. The highest BCUT2D eigenvalue weighted by Gasteiger charge is 2.21. The number of benzene rings is 10. The maximum atomic E-state index is 2.44. The summed E-state index contributed by atoms with van der Waals surface area (Å²) >= 11 is 0. The van der Waals surface area contributed by atoms with Crippen molar-refractivity contribution in [1.82, 2.24) is 0 Å². The van der Waals surface area contributed by atoms with Gasteiger partial charge in [-0.15, -0.1) is 0 Å². The Hall–Kier alpha value is -8.14. The van der Waals surface area contributed by atoms with Gasteiger partial charge in [0, 0.05) is 51.2 Å². The topological polar surface area (TPSA) is 9.72 Å². The molecule has 2 aliphatic carbocycles. The van der Waals surface area contributed by atoms with Gasteiger partial charge < -0.3 is 14.7 Å². The second kappa shape index (κ2) is 21.0. The summed E-state index contributed by atoms with van der Waals surface area (Å²) in [5, 5.41) is 7.32. The van der Waals surface area contributed by atoms with Crippen LogP contribution in [0.2, 0.25) is 0 Å². The van der Waals surface area contributed by atoms with Crippen LogP contribution in [0, 0.1) is 27.7 Å². The first-order valence-corrected chi connectivity index (χ1v) is 27.5. The molecule has 0 aliphatic heterocycles. The van der Waals surface area contributed by atoms with E-state index in [2.05, 4.69) is 255 Å². The molecule has 0 amide bonds. The summed E-state index contributed by atoms with van der Waals surface area (Å²) in [7, 11) is 0. The number of anilines is 9. The van der Waals surface area contributed by atoms with E-state index < -0.39 is 0 Å². The Morgan fingerprint density at radius 1 is 0.240 bits per heavy atom. The molecule has 0 saturated heterocycles. The lowest BCUT2D eigenvalue weighted by Gasteiger charge is -2.28. The van der Waals surface area contributed by atoms with Gasteiger partial charge in [0.15, 0.2) is 0 Å². The average Bonchev–Trinajstić information content (AvgIpc) is 3.45. The summed E-state index contributed by atoms with van der Waals surface area (Å²) in [6.07, 6.45) is 17.6. The van der Waals surface area contributed by atoms with Crippen LogP contribution < -0.4 is 14.7 Å². The van der Waals surface area contributed by atoms with Crippen molar-refractivity contribution in [1.29, 1.82) is 0 Å². The number of allylic oxidation sites excluding steroid dienone is 2. The van der Waals surface area contributed by atoms with Crippen LogP contribution in [-0.2, 0) is 0 Å². The standard InChI is InChI=1S/C72H67N3/c1-50-15-27-58(28-16-50)73(59-29-17-51(2)18-30-59)64-39-42-67-70(47-64)68-43-40-65(74(60-31-19-52(3)20-32-60)62-35-23-56(24-36-62)45-54-11-7-5-8-12-54)49-72(68)69-44-41-66(48-71(67)69)75(61-33-21-53(4)22-34-61)63-37-25-57(26-38-63)46-55-13-9-6-10-14-55/h15-49H,5-14H2,1-4H3. The van der Waals surface area contributed by atoms with E-state index in [-0.39, 0.29) is 0 Å². The van der Waals surface area contributed by atoms with Gasteiger partial charge in [-0.25, -0.2) is 0 Å². The van der Waals surface area contributed by atoms with Crippen molar-refractivity contribution in [3.8, 4) is 0 Å². The number of hydrogen-bond acceptors (Lipinski definition) is 3. The van der Waals surface area contributed by atoms with Crippen LogP contribution in [0.25, 0.3) is 44.5 Å².